The van der Waals surface area contributed by atoms with Crippen LogP contribution < -0.4 is 5.32 Å². The summed E-state index contributed by atoms with van der Waals surface area (Å²) in [6.07, 6.45) is 6.13. The molecule has 108 valence electrons. The average Bonchev–Trinajstić information content (AvgIpc) is 2.68. The second-order valence-electron chi connectivity index (χ2n) is 6.22. The van der Waals surface area contributed by atoms with Crippen LogP contribution in [0.3, 0.4) is 0 Å². The minimum atomic E-state index is 0.312. The summed E-state index contributed by atoms with van der Waals surface area (Å²) in [6, 6.07) is 2.91. The van der Waals surface area contributed by atoms with Crippen molar-refractivity contribution in [1.82, 2.24) is 19.9 Å². The Kier molecular flexibility index (Phi) is 3.50. The maximum atomic E-state index is 4.53. The van der Waals surface area contributed by atoms with Gasteiger partial charge in [0.25, 0.3) is 0 Å². The molecule has 2 aromatic heterocycles. The smallest absolute Gasteiger partial charge is 0.155 e. The Morgan fingerprint density at radius 1 is 1.30 bits per heavy atom. The minimum Gasteiger partial charge on any atom is -0.307 e. The maximum absolute atomic E-state index is 4.53. The molecule has 1 saturated carbocycles. The Morgan fingerprint density at radius 3 is 2.70 bits per heavy atom. The topological polar surface area (TPSA) is 42.2 Å². The van der Waals surface area contributed by atoms with Crippen molar-refractivity contribution >= 4 is 5.65 Å². The lowest BCUT2D eigenvalue weighted by atomic mass is 9.80. The fraction of sp³-hybridized carbons (Fsp3) is 0.625. The Balaban J connectivity index is 1.83. The minimum absolute atomic E-state index is 0.312. The lowest BCUT2D eigenvalue weighted by Gasteiger charge is -2.34. The van der Waals surface area contributed by atoms with E-state index < -0.39 is 0 Å². The second-order valence-corrected chi connectivity index (χ2v) is 6.22. The van der Waals surface area contributed by atoms with E-state index >= 15 is 0 Å². The van der Waals surface area contributed by atoms with Gasteiger partial charge in [-0.15, -0.1) is 0 Å². The summed E-state index contributed by atoms with van der Waals surface area (Å²) in [5.74, 6) is 0.849. The Labute approximate surface area is 120 Å². The van der Waals surface area contributed by atoms with Gasteiger partial charge in [-0.3, -0.25) is 0 Å². The van der Waals surface area contributed by atoms with Crippen LogP contribution in [0.15, 0.2) is 12.3 Å². The fourth-order valence-corrected chi connectivity index (χ4v) is 3.16. The summed E-state index contributed by atoms with van der Waals surface area (Å²) in [6.45, 7) is 8.66. The first-order valence-corrected chi connectivity index (χ1v) is 7.64. The molecular formula is C16H24N4. The van der Waals surface area contributed by atoms with Crippen LogP contribution in [0.2, 0.25) is 0 Å². The lowest BCUT2D eigenvalue weighted by Crippen LogP contribution is -2.38. The highest BCUT2D eigenvalue weighted by molar-refractivity contribution is 5.42. The van der Waals surface area contributed by atoms with E-state index in [1.165, 1.54) is 30.5 Å². The first kappa shape index (κ1) is 13.6. The van der Waals surface area contributed by atoms with Crippen molar-refractivity contribution in [2.24, 2.45) is 5.92 Å². The van der Waals surface area contributed by atoms with Crippen LogP contribution in [-0.2, 0) is 0 Å². The predicted octanol–water partition coefficient (Wildman–Crippen LogP) is 3.19. The van der Waals surface area contributed by atoms with E-state index in [1.807, 2.05) is 23.7 Å². The van der Waals surface area contributed by atoms with Gasteiger partial charge >= 0.3 is 0 Å². The molecule has 0 aromatic carbocycles. The van der Waals surface area contributed by atoms with Crippen molar-refractivity contribution < 1.29 is 0 Å². The van der Waals surface area contributed by atoms with Crippen LogP contribution in [0, 0.1) is 19.8 Å². The van der Waals surface area contributed by atoms with Gasteiger partial charge in [0, 0.05) is 35.6 Å². The molecule has 1 fully saturated rings. The van der Waals surface area contributed by atoms with Crippen LogP contribution in [-0.4, -0.2) is 20.6 Å². The molecule has 0 spiro atoms. The van der Waals surface area contributed by atoms with Crippen LogP contribution >= 0.6 is 0 Å². The van der Waals surface area contributed by atoms with Gasteiger partial charge in [0.15, 0.2) is 5.65 Å². The summed E-state index contributed by atoms with van der Waals surface area (Å²) < 4.78 is 1.96. The first-order valence-electron chi connectivity index (χ1n) is 7.64. The number of nitrogens with one attached hydrogen (secondary N) is 1. The summed E-state index contributed by atoms with van der Waals surface area (Å²) in [5, 5.41) is 8.25. The molecule has 0 bridgehead atoms. The van der Waals surface area contributed by atoms with Gasteiger partial charge in [0.05, 0.1) is 5.69 Å². The molecule has 1 N–H and O–H groups in total. The largest absolute Gasteiger partial charge is 0.307 e. The van der Waals surface area contributed by atoms with E-state index in [-0.39, 0.29) is 0 Å². The van der Waals surface area contributed by atoms with Gasteiger partial charge in [0.1, 0.15) is 0 Å². The summed E-state index contributed by atoms with van der Waals surface area (Å²) in [4.78, 5) is 4.53. The molecule has 2 unspecified atom stereocenters. The zero-order chi connectivity index (χ0) is 14.3. The molecule has 20 heavy (non-hydrogen) atoms. The van der Waals surface area contributed by atoms with Gasteiger partial charge in [0.2, 0.25) is 0 Å². The summed E-state index contributed by atoms with van der Waals surface area (Å²) >= 11 is 0. The molecule has 2 heterocycles. The lowest BCUT2D eigenvalue weighted by molar-refractivity contribution is 0.229. The van der Waals surface area contributed by atoms with Crippen molar-refractivity contribution in [3.63, 3.8) is 0 Å². The van der Waals surface area contributed by atoms with Crippen LogP contribution in [0.4, 0.5) is 0 Å². The Morgan fingerprint density at radius 2 is 2.05 bits per heavy atom. The summed E-state index contributed by atoms with van der Waals surface area (Å²) in [7, 11) is 0. The Bertz CT molecular complexity index is 612. The molecule has 0 amide bonds. The van der Waals surface area contributed by atoms with Crippen molar-refractivity contribution in [1.29, 1.82) is 0 Å². The second kappa shape index (κ2) is 5.17. The first-order chi connectivity index (χ1) is 9.56. The quantitative estimate of drug-likeness (QED) is 0.929. The standard InChI is InChI=1S/C16H24N4/c1-10-8-16-17-9-15(13(4)20(16)19-10)12(3)18-11(2)14-6-5-7-14/h8-9,11-12,14,18H,5-7H2,1-4H3. The third-order valence-corrected chi connectivity index (χ3v) is 4.72. The van der Waals surface area contributed by atoms with Crippen LogP contribution in [0.25, 0.3) is 5.65 Å². The van der Waals surface area contributed by atoms with Gasteiger partial charge in [-0.05, 0) is 46.5 Å². The number of hydrogen-bond donors (Lipinski definition) is 1. The molecule has 3 rings (SSSR count). The van der Waals surface area contributed by atoms with E-state index in [4.69, 9.17) is 0 Å². The van der Waals surface area contributed by atoms with E-state index in [1.54, 1.807) is 0 Å². The molecule has 1 aliphatic carbocycles. The van der Waals surface area contributed by atoms with Crippen LogP contribution in [0.1, 0.15) is 56.1 Å². The number of fused-ring (bicyclic) bond motifs is 1. The van der Waals surface area contributed by atoms with Gasteiger partial charge in [-0.1, -0.05) is 6.42 Å². The Hall–Kier alpha value is -1.42. The van der Waals surface area contributed by atoms with Gasteiger partial charge in [-0.25, -0.2) is 9.50 Å². The van der Waals surface area contributed by atoms with Crippen molar-refractivity contribution in [3.05, 3.63) is 29.2 Å². The zero-order valence-electron chi connectivity index (χ0n) is 12.8. The molecule has 4 heteroatoms. The van der Waals surface area contributed by atoms with E-state index in [0.29, 0.717) is 12.1 Å². The molecule has 0 radical (unpaired) electrons. The fourth-order valence-electron chi connectivity index (χ4n) is 3.16. The number of rotatable bonds is 4. The number of nitrogens with zero attached hydrogens (tertiary/aromatic N) is 3. The highest BCUT2D eigenvalue weighted by Crippen LogP contribution is 2.30. The third-order valence-electron chi connectivity index (χ3n) is 4.72. The molecule has 1 aliphatic rings. The SMILES string of the molecule is Cc1cc2ncc(C(C)NC(C)C3CCC3)c(C)n2n1. The third kappa shape index (κ3) is 2.33. The molecule has 0 aliphatic heterocycles. The van der Waals surface area contributed by atoms with Crippen molar-refractivity contribution in [2.75, 3.05) is 0 Å². The van der Waals surface area contributed by atoms with Crippen LogP contribution in [0.5, 0.6) is 0 Å². The van der Waals surface area contributed by atoms with E-state index in [9.17, 15) is 0 Å². The molecule has 0 saturated heterocycles. The maximum Gasteiger partial charge on any atom is 0.155 e. The van der Waals surface area contributed by atoms with Gasteiger partial charge < -0.3 is 5.32 Å². The van der Waals surface area contributed by atoms with Gasteiger partial charge in [-0.2, -0.15) is 5.10 Å². The average molecular weight is 272 g/mol. The number of aromatic nitrogens is 3. The number of hydrogen-bond acceptors (Lipinski definition) is 3. The predicted molar refractivity (Wildman–Crippen MR) is 80.8 cm³/mol. The van der Waals surface area contributed by atoms with Crippen molar-refractivity contribution in [3.8, 4) is 0 Å². The monoisotopic (exact) mass is 272 g/mol. The number of aryl methyl sites for hydroxylation is 2. The highest BCUT2D eigenvalue weighted by atomic mass is 15.3. The van der Waals surface area contributed by atoms with E-state index in [2.05, 4.69) is 36.2 Å². The molecule has 4 nitrogen and oxygen atoms in total. The zero-order valence-corrected chi connectivity index (χ0v) is 12.8. The molecule has 2 atom stereocenters. The van der Waals surface area contributed by atoms with Crippen molar-refractivity contribution in [2.45, 2.75) is 59.0 Å². The van der Waals surface area contributed by atoms with E-state index in [0.717, 1.165) is 17.3 Å². The normalized spacial score (nSPS) is 19.0. The molecular weight excluding hydrogens is 248 g/mol. The summed E-state index contributed by atoms with van der Waals surface area (Å²) in [5.41, 5.74) is 4.37. The molecule has 2 aromatic rings. The highest BCUT2D eigenvalue weighted by Gasteiger charge is 2.25.